The van der Waals surface area contributed by atoms with Gasteiger partial charge < -0.3 is 19.7 Å². The zero-order chi connectivity index (χ0) is 19.8. The molecule has 0 radical (unpaired) electrons. The molecule has 1 aromatic carbocycles. The van der Waals surface area contributed by atoms with Crippen LogP contribution < -0.4 is 5.32 Å². The van der Waals surface area contributed by atoms with Gasteiger partial charge in [0.15, 0.2) is 5.96 Å². The number of guanidine groups is 1. The SMILES string of the molecule is CN=C(NCc1cccc(COC2CCOCC2)c1)N(C)Cc1ncnn1C. The lowest BCUT2D eigenvalue weighted by Gasteiger charge is -2.23. The molecule has 8 heteroatoms. The third-order valence-electron chi connectivity index (χ3n) is 4.85. The predicted molar refractivity (Wildman–Crippen MR) is 108 cm³/mol. The Labute approximate surface area is 166 Å². The molecule has 0 atom stereocenters. The van der Waals surface area contributed by atoms with Crippen molar-refractivity contribution in [2.45, 2.75) is 38.6 Å². The van der Waals surface area contributed by atoms with Crippen molar-refractivity contribution in [2.24, 2.45) is 12.0 Å². The monoisotopic (exact) mass is 386 g/mol. The minimum absolute atomic E-state index is 0.309. The maximum atomic E-state index is 6.03. The Morgan fingerprint density at radius 3 is 2.86 bits per heavy atom. The molecule has 1 aromatic heterocycles. The summed E-state index contributed by atoms with van der Waals surface area (Å²) in [6, 6.07) is 8.48. The number of aliphatic imine (C=N–C) groups is 1. The molecular weight excluding hydrogens is 356 g/mol. The van der Waals surface area contributed by atoms with E-state index in [0.717, 1.165) is 37.8 Å². The molecule has 1 fully saturated rings. The van der Waals surface area contributed by atoms with Gasteiger partial charge in [0, 0.05) is 40.9 Å². The lowest BCUT2D eigenvalue weighted by atomic mass is 10.1. The van der Waals surface area contributed by atoms with Crippen molar-refractivity contribution in [2.75, 3.05) is 27.3 Å². The minimum atomic E-state index is 0.309. The molecule has 1 N–H and O–H groups in total. The van der Waals surface area contributed by atoms with Crippen LogP contribution in [0.3, 0.4) is 0 Å². The van der Waals surface area contributed by atoms with E-state index in [9.17, 15) is 0 Å². The van der Waals surface area contributed by atoms with Gasteiger partial charge in [0.25, 0.3) is 0 Å². The van der Waals surface area contributed by atoms with Crippen molar-refractivity contribution in [3.8, 4) is 0 Å². The Morgan fingerprint density at radius 1 is 1.36 bits per heavy atom. The number of nitrogens with zero attached hydrogens (tertiary/aromatic N) is 5. The highest BCUT2D eigenvalue weighted by Gasteiger charge is 2.14. The van der Waals surface area contributed by atoms with Crippen LogP contribution in [0.4, 0.5) is 0 Å². The van der Waals surface area contributed by atoms with Crippen molar-refractivity contribution in [3.05, 3.63) is 47.5 Å². The standard InChI is InChI=1S/C20H30N6O2/c1-21-20(25(2)13-19-23-15-24-26(19)3)22-12-16-5-4-6-17(11-16)14-28-18-7-9-27-10-8-18/h4-6,11,15,18H,7-10,12-14H2,1-3H3,(H,21,22). The summed E-state index contributed by atoms with van der Waals surface area (Å²) in [6.45, 7) is 3.57. The van der Waals surface area contributed by atoms with Crippen LogP contribution in [0, 0.1) is 0 Å². The van der Waals surface area contributed by atoms with Gasteiger partial charge in [-0.25, -0.2) is 4.98 Å². The van der Waals surface area contributed by atoms with Crippen LogP contribution in [0.2, 0.25) is 0 Å². The summed E-state index contributed by atoms with van der Waals surface area (Å²) in [5.41, 5.74) is 2.38. The van der Waals surface area contributed by atoms with Gasteiger partial charge in [0.05, 0.1) is 19.3 Å². The molecule has 0 aliphatic carbocycles. The van der Waals surface area contributed by atoms with E-state index in [4.69, 9.17) is 9.47 Å². The topological polar surface area (TPSA) is 76.8 Å². The van der Waals surface area contributed by atoms with E-state index in [1.807, 2.05) is 19.0 Å². The second kappa shape index (κ2) is 10.2. The Morgan fingerprint density at radius 2 is 2.14 bits per heavy atom. The first-order chi connectivity index (χ1) is 13.7. The number of hydrogen-bond acceptors (Lipinski definition) is 5. The van der Waals surface area contributed by atoms with Crippen LogP contribution in [0.1, 0.15) is 29.8 Å². The average molecular weight is 387 g/mol. The summed E-state index contributed by atoms with van der Waals surface area (Å²) in [5, 5.41) is 7.52. The summed E-state index contributed by atoms with van der Waals surface area (Å²) in [6.07, 6.45) is 3.83. The van der Waals surface area contributed by atoms with Gasteiger partial charge in [-0.1, -0.05) is 24.3 Å². The fourth-order valence-electron chi connectivity index (χ4n) is 3.20. The van der Waals surface area contributed by atoms with Gasteiger partial charge in [0.1, 0.15) is 12.2 Å². The number of ether oxygens (including phenoxy) is 2. The van der Waals surface area contributed by atoms with Crippen molar-refractivity contribution in [3.63, 3.8) is 0 Å². The third-order valence-corrected chi connectivity index (χ3v) is 4.85. The largest absolute Gasteiger partial charge is 0.381 e. The number of aromatic nitrogens is 3. The van der Waals surface area contributed by atoms with Crippen LogP contribution in [0.15, 0.2) is 35.6 Å². The fourth-order valence-corrected chi connectivity index (χ4v) is 3.20. The molecule has 0 unspecified atom stereocenters. The molecule has 1 saturated heterocycles. The van der Waals surface area contributed by atoms with Crippen molar-refractivity contribution in [1.82, 2.24) is 25.0 Å². The normalized spacial score (nSPS) is 15.6. The van der Waals surface area contributed by atoms with Gasteiger partial charge in [0.2, 0.25) is 0 Å². The fraction of sp³-hybridized carbons (Fsp3) is 0.550. The van der Waals surface area contributed by atoms with Gasteiger partial charge in [-0.15, -0.1) is 0 Å². The molecule has 8 nitrogen and oxygen atoms in total. The van der Waals surface area contributed by atoms with Crippen LogP contribution in [0.5, 0.6) is 0 Å². The number of rotatable bonds is 7. The molecule has 152 valence electrons. The van der Waals surface area contributed by atoms with Gasteiger partial charge in [-0.2, -0.15) is 5.10 Å². The van der Waals surface area contributed by atoms with Gasteiger partial charge in [-0.05, 0) is 24.0 Å². The summed E-state index contributed by atoms with van der Waals surface area (Å²) >= 11 is 0. The Kier molecular flexibility index (Phi) is 7.39. The van der Waals surface area contributed by atoms with Crippen LogP contribution in [-0.2, 0) is 36.2 Å². The molecule has 2 aromatic rings. The zero-order valence-corrected chi connectivity index (χ0v) is 17.0. The molecule has 1 aliphatic heterocycles. The van der Waals surface area contributed by atoms with Crippen LogP contribution >= 0.6 is 0 Å². The maximum Gasteiger partial charge on any atom is 0.194 e. The lowest BCUT2D eigenvalue weighted by Crippen LogP contribution is -2.38. The Hall–Kier alpha value is -2.45. The second-order valence-corrected chi connectivity index (χ2v) is 7.00. The number of benzene rings is 1. The van der Waals surface area contributed by atoms with Crippen LogP contribution in [0.25, 0.3) is 0 Å². The lowest BCUT2D eigenvalue weighted by molar-refractivity contribution is -0.0390. The van der Waals surface area contributed by atoms with Crippen molar-refractivity contribution < 1.29 is 9.47 Å². The highest BCUT2D eigenvalue weighted by molar-refractivity contribution is 5.79. The Balaban J connectivity index is 1.50. The summed E-state index contributed by atoms with van der Waals surface area (Å²) in [5.74, 6) is 1.70. The van der Waals surface area contributed by atoms with Crippen molar-refractivity contribution >= 4 is 5.96 Å². The zero-order valence-electron chi connectivity index (χ0n) is 17.0. The molecule has 0 bridgehead atoms. The second-order valence-electron chi connectivity index (χ2n) is 7.00. The first-order valence-corrected chi connectivity index (χ1v) is 9.67. The first kappa shape index (κ1) is 20.3. The van der Waals surface area contributed by atoms with E-state index in [1.165, 1.54) is 11.1 Å². The van der Waals surface area contributed by atoms with E-state index >= 15 is 0 Å². The molecule has 2 heterocycles. The van der Waals surface area contributed by atoms with E-state index in [2.05, 4.69) is 44.7 Å². The minimum Gasteiger partial charge on any atom is -0.381 e. The molecule has 0 spiro atoms. The quantitative estimate of drug-likeness (QED) is 0.577. The summed E-state index contributed by atoms with van der Waals surface area (Å²) < 4.78 is 13.2. The van der Waals surface area contributed by atoms with Crippen LogP contribution in [-0.4, -0.2) is 59.0 Å². The van der Waals surface area contributed by atoms with Crippen molar-refractivity contribution in [1.29, 1.82) is 0 Å². The molecule has 28 heavy (non-hydrogen) atoms. The molecule has 1 aliphatic rings. The van der Waals surface area contributed by atoms with E-state index < -0.39 is 0 Å². The molecule has 3 rings (SSSR count). The molecular formula is C20H30N6O2. The summed E-state index contributed by atoms with van der Waals surface area (Å²) in [7, 11) is 5.66. The van der Waals surface area contributed by atoms with E-state index in [1.54, 1.807) is 18.1 Å². The predicted octanol–water partition coefficient (Wildman–Crippen LogP) is 1.72. The highest BCUT2D eigenvalue weighted by Crippen LogP contribution is 2.14. The number of aryl methyl sites for hydroxylation is 1. The maximum absolute atomic E-state index is 6.03. The van der Waals surface area contributed by atoms with Gasteiger partial charge in [-0.3, -0.25) is 9.67 Å². The Bertz CT molecular complexity index is 770. The highest BCUT2D eigenvalue weighted by atomic mass is 16.5. The van der Waals surface area contributed by atoms with Gasteiger partial charge >= 0.3 is 0 Å². The molecule has 0 amide bonds. The molecule has 0 saturated carbocycles. The number of hydrogen-bond donors (Lipinski definition) is 1. The first-order valence-electron chi connectivity index (χ1n) is 9.67. The van der Waals surface area contributed by atoms with E-state index in [-0.39, 0.29) is 0 Å². The number of nitrogens with one attached hydrogen (secondary N) is 1. The smallest absolute Gasteiger partial charge is 0.194 e. The van der Waals surface area contributed by atoms with E-state index in [0.29, 0.717) is 25.8 Å². The summed E-state index contributed by atoms with van der Waals surface area (Å²) in [4.78, 5) is 10.7. The third kappa shape index (κ3) is 5.77. The average Bonchev–Trinajstić information content (AvgIpc) is 3.12.